The van der Waals surface area contributed by atoms with Crippen LogP contribution < -0.4 is 4.72 Å². The summed E-state index contributed by atoms with van der Waals surface area (Å²) >= 11 is 0. The molecular formula is C10H17N3O4S. The number of nitrogens with zero attached hydrogens (tertiary/aromatic N) is 2. The minimum Gasteiger partial charge on any atom is -0.481 e. The van der Waals surface area contributed by atoms with Crippen LogP contribution in [0.15, 0.2) is 18.5 Å². The Morgan fingerprint density at radius 2 is 2.17 bits per heavy atom. The molecule has 1 aromatic heterocycles. The van der Waals surface area contributed by atoms with Crippen molar-refractivity contribution in [3.63, 3.8) is 0 Å². The highest BCUT2D eigenvalue weighted by molar-refractivity contribution is 7.89. The third-order valence-corrected chi connectivity index (χ3v) is 3.72. The van der Waals surface area contributed by atoms with E-state index >= 15 is 0 Å². The topological polar surface area (TPSA) is 101 Å². The Morgan fingerprint density at radius 3 is 2.78 bits per heavy atom. The normalized spacial score (nSPS) is 11.6. The van der Waals surface area contributed by atoms with Gasteiger partial charge in [-0.15, -0.1) is 0 Å². The number of aromatic nitrogens is 2. The number of carboxylic acid groups (broad SMARTS) is 1. The molecule has 0 aliphatic carbocycles. The van der Waals surface area contributed by atoms with Crippen molar-refractivity contribution < 1.29 is 18.3 Å². The number of nitrogens with one attached hydrogen (secondary N) is 1. The number of hydrogen-bond acceptors (Lipinski definition) is 4. The zero-order valence-corrected chi connectivity index (χ0v) is 10.8. The van der Waals surface area contributed by atoms with Crippen molar-refractivity contribution in [2.45, 2.75) is 25.8 Å². The minimum absolute atomic E-state index is 0.129. The van der Waals surface area contributed by atoms with E-state index in [9.17, 15) is 13.2 Å². The lowest BCUT2D eigenvalue weighted by atomic mass is 10.3. The van der Waals surface area contributed by atoms with Gasteiger partial charge in [0.25, 0.3) is 0 Å². The highest BCUT2D eigenvalue weighted by Gasteiger charge is 2.10. The van der Waals surface area contributed by atoms with Crippen molar-refractivity contribution in [2.24, 2.45) is 0 Å². The van der Waals surface area contributed by atoms with E-state index in [0.29, 0.717) is 19.5 Å². The van der Waals surface area contributed by atoms with Crippen LogP contribution in [-0.4, -0.2) is 41.6 Å². The van der Waals surface area contributed by atoms with Crippen molar-refractivity contribution in [3.05, 3.63) is 18.5 Å². The molecule has 0 spiro atoms. The molecule has 2 N–H and O–H groups in total. The Balaban J connectivity index is 2.15. The Hall–Kier alpha value is -1.41. The van der Waals surface area contributed by atoms with Gasteiger partial charge in [0.15, 0.2) is 0 Å². The van der Waals surface area contributed by atoms with E-state index in [0.717, 1.165) is 0 Å². The number of carbonyl (C=O) groups is 1. The fourth-order valence-electron chi connectivity index (χ4n) is 1.39. The molecule has 0 atom stereocenters. The molecule has 0 saturated heterocycles. The van der Waals surface area contributed by atoms with Crippen LogP contribution in [0.2, 0.25) is 0 Å². The Kier molecular flexibility index (Phi) is 5.79. The summed E-state index contributed by atoms with van der Waals surface area (Å²) in [6.45, 7) is 0.972. The molecule has 8 heteroatoms. The maximum absolute atomic E-state index is 11.4. The summed E-state index contributed by atoms with van der Waals surface area (Å²) in [4.78, 5) is 10.3. The number of aryl methyl sites for hydroxylation is 1. The largest absolute Gasteiger partial charge is 0.481 e. The van der Waals surface area contributed by atoms with Crippen LogP contribution in [0.1, 0.15) is 19.3 Å². The van der Waals surface area contributed by atoms with Gasteiger partial charge in [-0.2, -0.15) is 5.10 Å². The summed E-state index contributed by atoms with van der Waals surface area (Å²) in [5.41, 5.74) is 0. The summed E-state index contributed by atoms with van der Waals surface area (Å²) < 4.78 is 27.0. The molecule has 18 heavy (non-hydrogen) atoms. The number of sulfonamides is 1. The van der Waals surface area contributed by atoms with Gasteiger partial charge >= 0.3 is 5.97 Å². The molecular weight excluding hydrogens is 258 g/mol. The molecule has 0 aromatic carbocycles. The number of hydrogen-bond donors (Lipinski definition) is 2. The van der Waals surface area contributed by atoms with Gasteiger partial charge in [-0.1, -0.05) is 0 Å². The number of rotatable bonds is 9. The van der Waals surface area contributed by atoms with E-state index < -0.39 is 16.0 Å². The SMILES string of the molecule is O=C(O)CCCS(=O)(=O)NCCCn1cccn1. The molecule has 102 valence electrons. The summed E-state index contributed by atoms with van der Waals surface area (Å²) in [6.07, 6.45) is 4.11. The van der Waals surface area contributed by atoms with Crippen LogP contribution in [0.5, 0.6) is 0 Å². The van der Waals surface area contributed by atoms with Crippen LogP contribution in [0.4, 0.5) is 0 Å². The van der Waals surface area contributed by atoms with Crippen LogP contribution in [0.25, 0.3) is 0 Å². The number of carboxylic acids is 1. The van der Waals surface area contributed by atoms with Crippen LogP contribution in [0.3, 0.4) is 0 Å². The molecule has 0 amide bonds. The maximum atomic E-state index is 11.4. The first-order valence-electron chi connectivity index (χ1n) is 5.66. The van der Waals surface area contributed by atoms with E-state index in [4.69, 9.17) is 5.11 Å². The van der Waals surface area contributed by atoms with Crippen molar-refractivity contribution in [3.8, 4) is 0 Å². The standard InChI is InChI=1S/C10H17N3O4S/c14-10(15)4-1-9-18(16,17)12-6-3-8-13-7-2-5-11-13/h2,5,7,12H,1,3-4,6,8-9H2,(H,14,15). The first kappa shape index (κ1) is 14.7. The second-order valence-corrected chi connectivity index (χ2v) is 5.76. The molecule has 0 unspecified atom stereocenters. The lowest BCUT2D eigenvalue weighted by molar-refractivity contribution is -0.137. The molecule has 0 bridgehead atoms. The lowest BCUT2D eigenvalue weighted by Crippen LogP contribution is -2.28. The summed E-state index contributed by atoms with van der Waals surface area (Å²) in [7, 11) is -3.36. The van der Waals surface area contributed by atoms with Gasteiger partial charge in [0.05, 0.1) is 5.75 Å². The predicted molar refractivity (Wildman–Crippen MR) is 65.5 cm³/mol. The molecule has 0 radical (unpaired) electrons. The van der Waals surface area contributed by atoms with Gasteiger partial charge in [-0.3, -0.25) is 9.48 Å². The second-order valence-electron chi connectivity index (χ2n) is 3.83. The highest BCUT2D eigenvalue weighted by atomic mass is 32.2. The first-order chi connectivity index (χ1) is 8.49. The molecule has 7 nitrogen and oxygen atoms in total. The molecule has 1 heterocycles. The van der Waals surface area contributed by atoms with Gasteiger partial charge in [-0.05, 0) is 18.9 Å². The third-order valence-electron chi connectivity index (χ3n) is 2.25. The fraction of sp³-hybridized carbons (Fsp3) is 0.600. The molecule has 0 fully saturated rings. The summed E-state index contributed by atoms with van der Waals surface area (Å²) in [5, 5.41) is 12.4. The second kappa shape index (κ2) is 7.12. The molecule has 0 saturated carbocycles. The average molecular weight is 275 g/mol. The molecule has 0 aliphatic heterocycles. The lowest BCUT2D eigenvalue weighted by Gasteiger charge is -2.06. The Labute approximate surface area is 106 Å². The molecule has 1 aromatic rings. The zero-order valence-electron chi connectivity index (χ0n) is 9.95. The van der Waals surface area contributed by atoms with Gasteiger partial charge in [0.1, 0.15) is 0 Å². The van der Waals surface area contributed by atoms with E-state index in [2.05, 4.69) is 9.82 Å². The van der Waals surface area contributed by atoms with Crippen LogP contribution >= 0.6 is 0 Å². The third kappa shape index (κ3) is 6.36. The Bertz CT molecular complexity index is 455. The monoisotopic (exact) mass is 275 g/mol. The minimum atomic E-state index is -3.36. The Morgan fingerprint density at radius 1 is 1.39 bits per heavy atom. The fourth-order valence-corrected chi connectivity index (χ4v) is 2.51. The molecule has 1 rings (SSSR count). The summed E-state index contributed by atoms with van der Waals surface area (Å²) in [6, 6.07) is 1.80. The van der Waals surface area contributed by atoms with Crippen molar-refractivity contribution >= 4 is 16.0 Å². The number of aliphatic carboxylic acids is 1. The van der Waals surface area contributed by atoms with E-state index in [-0.39, 0.29) is 18.6 Å². The van der Waals surface area contributed by atoms with Crippen molar-refractivity contribution in [1.29, 1.82) is 0 Å². The molecule has 0 aliphatic rings. The summed E-state index contributed by atoms with van der Waals surface area (Å²) in [5.74, 6) is -1.13. The van der Waals surface area contributed by atoms with Gasteiger partial charge in [0.2, 0.25) is 10.0 Å². The smallest absolute Gasteiger partial charge is 0.303 e. The van der Waals surface area contributed by atoms with Gasteiger partial charge < -0.3 is 5.11 Å². The average Bonchev–Trinajstić information content (AvgIpc) is 2.76. The predicted octanol–water partition coefficient (Wildman–Crippen LogP) is 0.0574. The quantitative estimate of drug-likeness (QED) is 0.620. The van der Waals surface area contributed by atoms with Crippen molar-refractivity contribution in [2.75, 3.05) is 12.3 Å². The van der Waals surface area contributed by atoms with Crippen LogP contribution in [0, 0.1) is 0 Å². The van der Waals surface area contributed by atoms with E-state index in [1.54, 1.807) is 23.1 Å². The van der Waals surface area contributed by atoms with Crippen molar-refractivity contribution in [1.82, 2.24) is 14.5 Å². The van der Waals surface area contributed by atoms with E-state index in [1.165, 1.54) is 0 Å². The maximum Gasteiger partial charge on any atom is 0.303 e. The first-order valence-corrected chi connectivity index (χ1v) is 7.31. The van der Waals surface area contributed by atoms with Gasteiger partial charge in [0, 0.05) is 31.9 Å². The van der Waals surface area contributed by atoms with Crippen LogP contribution in [-0.2, 0) is 21.4 Å². The van der Waals surface area contributed by atoms with E-state index in [1.807, 2.05) is 0 Å². The highest BCUT2D eigenvalue weighted by Crippen LogP contribution is 1.95. The zero-order chi connectivity index (χ0) is 13.4. The van der Waals surface area contributed by atoms with Gasteiger partial charge in [-0.25, -0.2) is 13.1 Å².